The molecule has 0 bridgehead atoms. The third-order valence-corrected chi connectivity index (χ3v) is 4.08. The van der Waals surface area contributed by atoms with Gasteiger partial charge in [-0.1, -0.05) is 18.2 Å². The molecule has 0 spiro atoms. The first kappa shape index (κ1) is 16.8. The summed E-state index contributed by atoms with van der Waals surface area (Å²) in [6.07, 6.45) is 6.23. The second kappa shape index (κ2) is 8.15. The van der Waals surface area contributed by atoms with Crippen LogP contribution >= 0.6 is 0 Å². The van der Waals surface area contributed by atoms with Gasteiger partial charge < -0.3 is 14.8 Å². The fraction of sp³-hybridized carbons (Fsp3) is 0.200. The lowest BCUT2D eigenvalue weighted by Crippen LogP contribution is -2.28. The third-order valence-electron chi connectivity index (χ3n) is 4.08. The summed E-state index contributed by atoms with van der Waals surface area (Å²) in [6, 6.07) is 17.7. The molecule has 1 amide bonds. The largest absolute Gasteiger partial charge is 0.375 e. The van der Waals surface area contributed by atoms with Gasteiger partial charge in [0.2, 0.25) is 0 Å². The lowest BCUT2D eigenvalue weighted by atomic mass is 10.2. The van der Waals surface area contributed by atoms with E-state index in [2.05, 4.69) is 34.4 Å². The Bertz CT molecular complexity index is 782. The van der Waals surface area contributed by atoms with Gasteiger partial charge in [-0.3, -0.25) is 4.79 Å². The number of carbonyl (C=O) groups is 1. The van der Waals surface area contributed by atoms with Crippen LogP contribution in [0.2, 0.25) is 0 Å². The Kier molecular flexibility index (Phi) is 5.46. The highest BCUT2D eigenvalue weighted by molar-refractivity contribution is 5.94. The summed E-state index contributed by atoms with van der Waals surface area (Å²) in [6.45, 7) is 1.54. The standard InChI is InChI=1S/C20H22N4O/c1-23(18-6-3-2-4-7-18)14-5-12-22-20(25)17-8-10-19(11-9-17)24-15-13-21-16-24/h2-4,6-11,13,15-16H,5,12,14H2,1H3,(H,22,25). The molecule has 0 fully saturated rings. The summed E-state index contributed by atoms with van der Waals surface area (Å²) in [5.74, 6) is -0.0421. The van der Waals surface area contributed by atoms with Gasteiger partial charge in [-0.2, -0.15) is 0 Å². The molecule has 3 aromatic rings. The number of nitrogens with zero attached hydrogens (tertiary/aromatic N) is 3. The number of amides is 1. The number of para-hydroxylation sites is 1. The van der Waals surface area contributed by atoms with E-state index >= 15 is 0 Å². The van der Waals surface area contributed by atoms with Crippen LogP contribution in [-0.2, 0) is 0 Å². The molecule has 128 valence electrons. The summed E-state index contributed by atoms with van der Waals surface area (Å²) in [7, 11) is 2.06. The Hall–Kier alpha value is -3.08. The van der Waals surface area contributed by atoms with E-state index in [0.717, 1.165) is 18.7 Å². The Labute approximate surface area is 147 Å². The van der Waals surface area contributed by atoms with Gasteiger partial charge in [-0.25, -0.2) is 4.98 Å². The van der Waals surface area contributed by atoms with E-state index in [0.29, 0.717) is 12.1 Å². The van der Waals surface area contributed by atoms with Crippen molar-refractivity contribution in [1.29, 1.82) is 0 Å². The number of carbonyl (C=O) groups excluding carboxylic acids is 1. The monoisotopic (exact) mass is 334 g/mol. The average molecular weight is 334 g/mol. The van der Waals surface area contributed by atoms with Crippen molar-refractivity contribution in [2.45, 2.75) is 6.42 Å². The quantitative estimate of drug-likeness (QED) is 0.675. The van der Waals surface area contributed by atoms with Crippen molar-refractivity contribution < 1.29 is 4.79 Å². The zero-order valence-corrected chi connectivity index (χ0v) is 14.3. The van der Waals surface area contributed by atoms with E-state index in [1.54, 1.807) is 12.5 Å². The van der Waals surface area contributed by atoms with E-state index in [9.17, 15) is 4.79 Å². The number of anilines is 1. The van der Waals surface area contributed by atoms with Gasteiger partial charge in [0.15, 0.2) is 0 Å². The van der Waals surface area contributed by atoms with E-state index in [4.69, 9.17) is 0 Å². The van der Waals surface area contributed by atoms with E-state index < -0.39 is 0 Å². The van der Waals surface area contributed by atoms with Gasteiger partial charge in [0.1, 0.15) is 0 Å². The average Bonchev–Trinajstić information content (AvgIpc) is 3.20. The Morgan fingerprint density at radius 2 is 1.88 bits per heavy atom. The SMILES string of the molecule is CN(CCCNC(=O)c1ccc(-n2ccnc2)cc1)c1ccccc1. The molecular formula is C20H22N4O. The van der Waals surface area contributed by atoms with Crippen LogP contribution in [0.25, 0.3) is 5.69 Å². The van der Waals surface area contributed by atoms with Crippen LogP contribution in [0.5, 0.6) is 0 Å². The van der Waals surface area contributed by atoms with E-state index in [-0.39, 0.29) is 5.91 Å². The van der Waals surface area contributed by atoms with Crippen LogP contribution in [0.15, 0.2) is 73.3 Å². The topological polar surface area (TPSA) is 50.2 Å². The van der Waals surface area contributed by atoms with Crippen LogP contribution in [-0.4, -0.2) is 35.6 Å². The van der Waals surface area contributed by atoms with Crippen molar-refractivity contribution in [2.24, 2.45) is 0 Å². The van der Waals surface area contributed by atoms with Crippen molar-refractivity contribution >= 4 is 11.6 Å². The lowest BCUT2D eigenvalue weighted by molar-refractivity contribution is 0.0953. The highest BCUT2D eigenvalue weighted by Gasteiger charge is 2.06. The number of rotatable bonds is 7. The summed E-state index contributed by atoms with van der Waals surface area (Å²) in [5.41, 5.74) is 2.84. The first-order chi connectivity index (χ1) is 12.2. The van der Waals surface area contributed by atoms with Gasteiger partial charge in [0.25, 0.3) is 5.91 Å². The molecule has 0 aliphatic heterocycles. The molecule has 0 aliphatic rings. The van der Waals surface area contributed by atoms with Gasteiger partial charge in [-0.05, 0) is 42.8 Å². The van der Waals surface area contributed by atoms with Crippen molar-refractivity contribution in [3.63, 3.8) is 0 Å². The van der Waals surface area contributed by atoms with Crippen molar-refractivity contribution in [3.8, 4) is 5.69 Å². The number of imidazole rings is 1. The summed E-state index contributed by atoms with van der Waals surface area (Å²) in [5, 5.41) is 2.98. The predicted molar refractivity (Wildman–Crippen MR) is 100 cm³/mol. The Morgan fingerprint density at radius 1 is 1.12 bits per heavy atom. The smallest absolute Gasteiger partial charge is 0.251 e. The molecule has 25 heavy (non-hydrogen) atoms. The molecule has 5 nitrogen and oxygen atoms in total. The molecule has 5 heteroatoms. The lowest BCUT2D eigenvalue weighted by Gasteiger charge is -2.19. The fourth-order valence-electron chi connectivity index (χ4n) is 2.63. The first-order valence-corrected chi connectivity index (χ1v) is 8.37. The fourth-order valence-corrected chi connectivity index (χ4v) is 2.63. The molecule has 0 radical (unpaired) electrons. The molecule has 1 N–H and O–H groups in total. The van der Waals surface area contributed by atoms with Crippen molar-refractivity contribution in [1.82, 2.24) is 14.9 Å². The number of benzene rings is 2. The maximum absolute atomic E-state index is 12.2. The highest BCUT2D eigenvalue weighted by Crippen LogP contribution is 2.11. The van der Waals surface area contributed by atoms with Crippen LogP contribution in [0.1, 0.15) is 16.8 Å². The number of hydrogen-bond acceptors (Lipinski definition) is 3. The number of hydrogen-bond donors (Lipinski definition) is 1. The van der Waals surface area contributed by atoms with E-state index in [1.807, 2.05) is 53.2 Å². The number of nitrogens with one attached hydrogen (secondary N) is 1. The van der Waals surface area contributed by atoms with Gasteiger partial charge in [0.05, 0.1) is 6.33 Å². The molecule has 0 atom stereocenters. The van der Waals surface area contributed by atoms with E-state index in [1.165, 1.54) is 5.69 Å². The highest BCUT2D eigenvalue weighted by atomic mass is 16.1. The van der Waals surface area contributed by atoms with Crippen molar-refractivity contribution in [3.05, 3.63) is 78.9 Å². The normalized spacial score (nSPS) is 10.4. The van der Waals surface area contributed by atoms with Crippen molar-refractivity contribution in [2.75, 3.05) is 25.0 Å². The molecule has 0 saturated heterocycles. The Balaban J connectivity index is 1.45. The minimum absolute atomic E-state index is 0.0421. The van der Waals surface area contributed by atoms with Crippen LogP contribution < -0.4 is 10.2 Å². The molecule has 0 aliphatic carbocycles. The second-order valence-electron chi connectivity index (χ2n) is 5.88. The molecule has 1 heterocycles. The maximum atomic E-state index is 12.2. The van der Waals surface area contributed by atoms with Crippen LogP contribution in [0.4, 0.5) is 5.69 Å². The zero-order chi connectivity index (χ0) is 17.5. The second-order valence-corrected chi connectivity index (χ2v) is 5.88. The minimum Gasteiger partial charge on any atom is -0.375 e. The first-order valence-electron chi connectivity index (χ1n) is 8.37. The van der Waals surface area contributed by atoms with Gasteiger partial charge in [0, 0.05) is 49.5 Å². The molecule has 1 aromatic heterocycles. The Morgan fingerprint density at radius 3 is 2.56 bits per heavy atom. The van der Waals surface area contributed by atoms with Gasteiger partial charge in [-0.15, -0.1) is 0 Å². The van der Waals surface area contributed by atoms with Crippen LogP contribution in [0, 0.1) is 0 Å². The third kappa shape index (κ3) is 4.47. The molecular weight excluding hydrogens is 312 g/mol. The zero-order valence-electron chi connectivity index (χ0n) is 14.3. The molecule has 2 aromatic carbocycles. The molecule has 3 rings (SSSR count). The predicted octanol–water partition coefficient (Wildman–Crippen LogP) is 3.13. The molecule has 0 unspecified atom stereocenters. The summed E-state index contributed by atoms with van der Waals surface area (Å²) in [4.78, 5) is 18.4. The molecule has 0 saturated carbocycles. The van der Waals surface area contributed by atoms with Gasteiger partial charge >= 0.3 is 0 Å². The minimum atomic E-state index is -0.0421. The van der Waals surface area contributed by atoms with Crippen LogP contribution in [0.3, 0.4) is 0 Å². The maximum Gasteiger partial charge on any atom is 0.251 e. The summed E-state index contributed by atoms with van der Waals surface area (Å²) >= 11 is 0. The summed E-state index contributed by atoms with van der Waals surface area (Å²) < 4.78 is 1.90. The number of aromatic nitrogens is 2.